The summed E-state index contributed by atoms with van der Waals surface area (Å²) in [6.45, 7) is 5.39. The number of rotatable bonds is 5. The van der Waals surface area contributed by atoms with Gasteiger partial charge in [-0.2, -0.15) is 0 Å². The van der Waals surface area contributed by atoms with Crippen LogP contribution in [0.4, 0.5) is 11.4 Å². The highest BCUT2D eigenvalue weighted by molar-refractivity contribution is 5.81. The zero-order valence-corrected chi connectivity index (χ0v) is 11.7. The third kappa shape index (κ3) is 3.65. The van der Waals surface area contributed by atoms with Crippen molar-refractivity contribution in [3.8, 4) is 0 Å². The van der Waals surface area contributed by atoms with Crippen molar-refractivity contribution in [2.75, 3.05) is 37.8 Å². The van der Waals surface area contributed by atoms with Crippen molar-refractivity contribution < 1.29 is 4.79 Å². The van der Waals surface area contributed by atoms with Crippen LogP contribution in [0.5, 0.6) is 0 Å². The summed E-state index contributed by atoms with van der Waals surface area (Å²) in [6.07, 6.45) is 0.995. The second kappa shape index (κ2) is 6.28. The Hall–Kier alpha value is -1.71. The lowest BCUT2D eigenvalue weighted by atomic mass is 10.1. The number of nitrogen functional groups attached to an aromatic ring is 1. The summed E-state index contributed by atoms with van der Waals surface area (Å²) in [7, 11) is 3.55. The van der Waals surface area contributed by atoms with Gasteiger partial charge < -0.3 is 15.5 Å². The minimum Gasteiger partial charge on any atom is -0.399 e. The number of hydrogen-bond donors (Lipinski definition) is 1. The molecule has 0 aliphatic carbocycles. The Balaban J connectivity index is 2.96. The van der Waals surface area contributed by atoms with Crippen LogP contribution in [0.15, 0.2) is 18.2 Å². The highest BCUT2D eigenvalue weighted by Crippen LogP contribution is 2.23. The molecule has 0 bridgehead atoms. The average Bonchev–Trinajstić information content (AvgIpc) is 2.31. The largest absolute Gasteiger partial charge is 0.399 e. The first-order valence-corrected chi connectivity index (χ1v) is 6.27. The number of benzene rings is 1. The maximum absolute atomic E-state index is 11.9. The fourth-order valence-corrected chi connectivity index (χ4v) is 1.83. The van der Waals surface area contributed by atoms with Gasteiger partial charge in [0.15, 0.2) is 0 Å². The first-order valence-electron chi connectivity index (χ1n) is 6.27. The molecule has 2 N–H and O–H groups in total. The van der Waals surface area contributed by atoms with E-state index in [0.717, 1.165) is 29.9 Å². The van der Waals surface area contributed by atoms with E-state index in [2.05, 4.69) is 11.8 Å². The molecule has 0 saturated carbocycles. The molecule has 0 saturated heterocycles. The van der Waals surface area contributed by atoms with Crippen LogP contribution >= 0.6 is 0 Å². The molecule has 1 aromatic rings. The Bertz CT molecular complexity index is 416. The highest BCUT2D eigenvalue weighted by Gasteiger charge is 2.14. The SMILES string of the molecule is CCCN(CC(=O)N(C)C)c1cc(N)ccc1C. The Labute approximate surface area is 109 Å². The minimum atomic E-state index is 0.102. The lowest BCUT2D eigenvalue weighted by Gasteiger charge is -2.27. The van der Waals surface area contributed by atoms with E-state index in [-0.39, 0.29) is 5.91 Å². The lowest BCUT2D eigenvalue weighted by molar-refractivity contribution is -0.127. The number of amides is 1. The number of nitrogens with two attached hydrogens (primary N) is 1. The normalized spacial score (nSPS) is 10.2. The van der Waals surface area contributed by atoms with E-state index in [4.69, 9.17) is 5.73 Å². The fraction of sp³-hybridized carbons (Fsp3) is 0.500. The van der Waals surface area contributed by atoms with Gasteiger partial charge in [-0.05, 0) is 31.0 Å². The summed E-state index contributed by atoms with van der Waals surface area (Å²) in [6, 6.07) is 5.82. The van der Waals surface area contributed by atoms with Crippen LogP contribution in [0.1, 0.15) is 18.9 Å². The molecule has 1 aromatic carbocycles. The lowest BCUT2D eigenvalue weighted by Crippen LogP contribution is -2.37. The number of carbonyl (C=O) groups is 1. The summed E-state index contributed by atoms with van der Waals surface area (Å²) >= 11 is 0. The quantitative estimate of drug-likeness (QED) is 0.811. The van der Waals surface area contributed by atoms with Gasteiger partial charge in [-0.1, -0.05) is 13.0 Å². The number of carbonyl (C=O) groups excluding carboxylic acids is 1. The molecule has 18 heavy (non-hydrogen) atoms. The molecule has 0 aliphatic heterocycles. The Kier molecular flexibility index (Phi) is 5.01. The van der Waals surface area contributed by atoms with Gasteiger partial charge in [0.05, 0.1) is 6.54 Å². The van der Waals surface area contributed by atoms with Crippen LogP contribution in [-0.2, 0) is 4.79 Å². The second-order valence-electron chi connectivity index (χ2n) is 4.76. The molecule has 0 radical (unpaired) electrons. The molecule has 1 rings (SSSR count). The summed E-state index contributed by atoms with van der Waals surface area (Å²) < 4.78 is 0. The second-order valence-corrected chi connectivity index (χ2v) is 4.76. The molecule has 100 valence electrons. The van der Waals surface area contributed by atoms with E-state index in [1.54, 1.807) is 19.0 Å². The monoisotopic (exact) mass is 249 g/mol. The predicted molar refractivity (Wildman–Crippen MR) is 76.8 cm³/mol. The van der Waals surface area contributed by atoms with Crippen molar-refractivity contribution in [3.05, 3.63) is 23.8 Å². The first-order chi connectivity index (χ1) is 8.45. The molecule has 0 aromatic heterocycles. The van der Waals surface area contributed by atoms with E-state index >= 15 is 0 Å². The van der Waals surface area contributed by atoms with E-state index in [1.807, 2.05) is 25.1 Å². The van der Waals surface area contributed by atoms with Crippen molar-refractivity contribution in [1.29, 1.82) is 0 Å². The standard InChI is InChI=1S/C14H23N3O/c1-5-8-17(10-14(18)16(3)4)13-9-12(15)7-6-11(13)2/h6-7,9H,5,8,10,15H2,1-4H3. The molecule has 0 heterocycles. The maximum atomic E-state index is 11.9. The number of nitrogens with zero attached hydrogens (tertiary/aromatic N) is 2. The van der Waals surface area contributed by atoms with E-state index < -0.39 is 0 Å². The maximum Gasteiger partial charge on any atom is 0.241 e. The molecule has 0 fully saturated rings. The first kappa shape index (κ1) is 14.4. The third-order valence-electron chi connectivity index (χ3n) is 2.89. The van der Waals surface area contributed by atoms with Gasteiger partial charge in [0.25, 0.3) is 0 Å². The van der Waals surface area contributed by atoms with Gasteiger partial charge in [0, 0.05) is 32.0 Å². The average molecular weight is 249 g/mol. The van der Waals surface area contributed by atoms with Crippen molar-refractivity contribution in [1.82, 2.24) is 4.90 Å². The molecule has 4 heteroatoms. The van der Waals surface area contributed by atoms with Crippen LogP contribution < -0.4 is 10.6 Å². The summed E-state index contributed by atoms with van der Waals surface area (Å²) in [5.74, 6) is 0.102. The molecule has 0 spiro atoms. The zero-order chi connectivity index (χ0) is 13.7. The zero-order valence-electron chi connectivity index (χ0n) is 11.7. The Morgan fingerprint density at radius 3 is 2.56 bits per heavy atom. The number of anilines is 2. The van der Waals surface area contributed by atoms with E-state index in [1.165, 1.54) is 0 Å². The van der Waals surface area contributed by atoms with Crippen LogP contribution in [-0.4, -0.2) is 38.0 Å². The van der Waals surface area contributed by atoms with Gasteiger partial charge in [0.1, 0.15) is 0 Å². The van der Waals surface area contributed by atoms with Gasteiger partial charge in [0.2, 0.25) is 5.91 Å². The number of aryl methyl sites for hydroxylation is 1. The number of likely N-dealkylation sites (N-methyl/N-ethyl adjacent to an activating group) is 1. The van der Waals surface area contributed by atoms with Crippen molar-refractivity contribution in [2.45, 2.75) is 20.3 Å². The summed E-state index contributed by atoms with van der Waals surface area (Å²) in [5.41, 5.74) is 8.75. The highest BCUT2D eigenvalue weighted by atomic mass is 16.2. The topological polar surface area (TPSA) is 49.6 Å². The van der Waals surface area contributed by atoms with Crippen molar-refractivity contribution in [2.24, 2.45) is 0 Å². The van der Waals surface area contributed by atoms with E-state index in [0.29, 0.717) is 6.54 Å². The molecule has 0 atom stereocenters. The van der Waals surface area contributed by atoms with Crippen molar-refractivity contribution in [3.63, 3.8) is 0 Å². The number of hydrogen-bond acceptors (Lipinski definition) is 3. The molecule has 4 nitrogen and oxygen atoms in total. The molecule has 0 unspecified atom stereocenters. The summed E-state index contributed by atoms with van der Waals surface area (Å²) in [5, 5.41) is 0. The van der Waals surface area contributed by atoms with Crippen LogP contribution in [0, 0.1) is 6.92 Å². The van der Waals surface area contributed by atoms with Gasteiger partial charge in [-0.25, -0.2) is 0 Å². The van der Waals surface area contributed by atoms with Crippen LogP contribution in [0.3, 0.4) is 0 Å². The van der Waals surface area contributed by atoms with Crippen molar-refractivity contribution >= 4 is 17.3 Å². The van der Waals surface area contributed by atoms with E-state index in [9.17, 15) is 4.79 Å². The summed E-state index contributed by atoms with van der Waals surface area (Å²) in [4.78, 5) is 15.6. The smallest absolute Gasteiger partial charge is 0.241 e. The Morgan fingerprint density at radius 2 is 2.00 bits per heavy atom. The molecular weight excluding hydrogens is 226 g/mol. The third-order valence-corrected chi connectivity index (χ3v) is 2.89. The molecule has 1 amide bonds. The molecule has 0 aliphatic rings. The van der Waals surface area contributed by atoms with Crippen LogP contribution in [0.25, 0.3) is 0 Å². The van der Waals surface area contributed by atoms with Crippen LogP contribution in [0.2, 0.25) is 0 Å². The van der Waals surface area contributed by atoms with Gasteiger partial charge >= 0.3 is 0 Å². The Morgan fingerprint density at radius 1 is 1.33 bits per heavy atom. The van der Waals surface area contributed by atoms with Gasteiger partial charge in [-0.15, -0.1) is 0 Å². The minimum absolute atomic E-state index is 0.102. The molecular formula is C14H23N3O. The predicted octanol–water partition coefficient (Wildman–Crippen LogP) is 1.88. The van der Waals surface area contributed by atoms with Gasteiger partial charge in [-0.3, -0.25) is 4.79 Å². The fourth-order valence-electron chi connectivity index (χ4n) is 1.83.